The summed E-state index contributed by atoms with van der Waals surface area (Å²) in [7, 11) is 0. The third-order valence-electron chi connectivity index (χ3n) is 6.51. The molecule has 1 atom stereocenters. The van der Waals surface area contributed by atoms with E-state index < -0.39 is 5.54 Å². The van der Waals surface area contributed by atoms with Gasteiger partial charge in [-0.3, -0.25) is 19.6 Å². The molecule has 164 valence electrons. The zero-order valence-electron chi connectivity index (χ0n) is 18.2. The van der Waals surface area contributed by atoms with Crippen LogP contribution < -0.4 is 0 Å². The van der Waals surface area contributed by atoms with Gasteiger partial charge < -0.3 is 4.90 Å². The second-order valence-corrected chi connectivity index (χ2v) is 9.35. The van der Waals surface area contributed by atoms with Crippen molar-refractivity contribution in [3.8, 4) is 0 Å². The molecule has 0 bridgehead atoms. The van der Waals surface area contributed by atoms with E-state index in [0.29, 0.717) is 25.4 Å². The maximum Gasteiger partial charge on any atom is 0.328 e. The number of pyridine rings is 1. The average Bonchev–Trinajstić information content (AvgIpc) is 2.98. The van der Waals surface area contributed by atoms with Crippen LogP contribution in [-0.4, -0.2) is 68.3 Å². The summed E-state index contributed by atoms with van der Waals surface area (Å²) in [5.41, 5.74) is 1.00. The van der Waals surface area contributed by atoms with Crippen molar-refractivity contribution < 1.29 is 9.59 Å². The van der Waals surface area contributed by atoms with Gasteiger partial charge in [0.2, 0.25) is 0 Å². The van der Waals surface area contributed by atoms with Crippen LogP contribution in [0.3, 0.4) is 0 Å². The van der Waals surface area contributed by atoms with Crippen molar-refractivity contribution in [1.29, 1.82) is 0 Å². The number of hydrogen-bond acceptors (Lipinski definition) is 5. The highest BCUT2D eigenvalue weighted by atomic mass is 32.2. The number of rotatable bonds is 7. The van der Waals surface area contributed by atoms with Crippen molar-refractivity contribution in [2.24, 2.45) is 0 Å². The fourth-order valence-corrected chi connectivity index (χ4v) is 5.42. The molecular formula is C24H30N4O2S. The Hall–Kier alpha value is -2.38. The van der Waals surface area contributed by atoms with E-state index in [-0.39, 0.29) is 18.5 Å². The second-order valence-electron chi connectivity index (χ2n) is 8.44. The number of carbonyl (C=O) groups is 2. The molecule has 0 saturated carbocycles. The minimum Gasteiger partial charge on any atom is -0.305 e. The summed E-state index contributed by atoms with van der Waals surface area (Å²) in [6.45, 7) is 4.56. The number of hydrogen-bond donors (Lipinski definition) is 0. The SMILES string of the molecule is CSC[C@H](C)N1CCC2(CC1)C(=O)N(Cc1ccccn1)C(=O)N2Cc1ccccc1. The van der Waals surface area contributed by atoms with Crippen molar-refractivity contribution in [1.82, 2.24) is 19.7 Å². The van der Waals surface area contributed by atoms with E-state index >= 15 is 0 Å². The lowest BCUT2D eigenvalue weighted by Crippen LogP contribution is -2.57. The van der Waals surface area contributed by atoms with Crippen LogP contribution in [0.1, 0.15) is 31.0 Å². The molecule has 0 radical (unpaired) electrons. The lowest BCUT2D eigenvalue weighted by molar-refractivity contribution is -0.136. The Labute approximate surface area is 188 Å². The molecule has 0 aliphatic carbocycles. The minimum atomic E-state index is -0.767. The molecule has 0 unspecified atom stereocenters. The van der Waals surface area contributed by atoms with E-state index in [1.807, 2.05) is 65.2 Å². The fourth-order valence-electron chi connectivity index (χ4n) is 4.73. The van der Waals surface area contributed by atoms with Crippen molar-refractivity contribution in [2.45, 2.75) is 44.4 Å². The predicted octanol–water partition coefficient (Wildman–Crippen LogP) is 3.63. The highest BCUT2D eigenvalue weighted by molar-refractivity contribution is 7.98. The van der Waals surface area contributed by atoms with E-state index in [1.165, 1.54) is 4.90 Å². The van der Waals surface area contributed by atoms with Gasteiger partial charge in [-0.2, -0.15) is 11.8 Å². The van der Waals surface area contributed by atoms with E-state index in [0.717, 1.165) is 30.1 Å². The number of piperidine rings is 1. The van der Waals surface area contributed by atoms with Crippen LogP contribution in [-0.2, 0) is 17.9 Å². The number of benzene rings is 1. The normalized spacial score (nSPS) is 19.9. The Morgan fingerprint density at radius 1 is 1.03 bits per heavy atom. The van der Waals surface area contributed by atoms with Gasteiger partial charge in [0.1, 0.15) is 5.54 Å². The summed E-state index contributed by atoms with van der Waals surface area (Å²) in [6, 6.07) is 15.8. The highest BCUT2D eigenvalue weighted by Gasteiger charge is 2.58. The Bertz CT molecular complexity index is 900. The summed E-state index contributed by atoms with van der Waals surface area (Å²) in [5, 5.41) is 0. The molecule has 31 heavy (non-hydrogen) atoms. The van der Waals surface area contributed by atoms with Gasteiger partial charge in [0.05, 0.1) is 12.2 Å². The topological polar surface area (TPSA) is 56.8 Å². The molecule has 4 rings (SSSR count). The predicted molar refractivity (Wildman–Crippen MR) is 124 cm³/mol. The molecular weight excluding hydrogens is 408 g/mol. The number of carbonyl (C=O) groups excluding carboxylic acids is 2. The number of thioether (sulfide) groups is 1. The first-order chi connectivity index (χ1) is 15.0. The number of likely N-dealkylation sites (tertiary alicyclic amines) is 1. The summed E-state index contributed by atoms with van der Waals surface area (Å²) in [5.74, 6) is 0.996. The van der Waals surface area contributed by atoms with E-state index in [2.05, 4.69) is 23.1 Å². The van der Waals surface area contributed by atoms with Crippen LogP contribution >= 0.6 is 11.8 Å². The molecule has 0 N–H and O–H groups in total. The van der Waals surface area contributed by atoms with Gasteiger partial charge in [-0.05, 0) is 43.7 Å². The van der Waals surface area contributed by atoms with Crippen molar-refractivity contribution >= 4 is 23.7 Å². The number of urea groups is 1. The van der Waals surface area contributed by atoms with Gasteiger partial charge in [-0.25, -0.2) is 4.79 Å². The number of amides is 3. The molecule has 2 aliphatic rings. The molecule has 3 amide bonds. The first kappa shape index (κ1) is 21.8. The minimum absolute atomic E-state index is 0.0729. The molecule has 2 aliphatic heterocycles. The van der Waals surface area contributed by atoms with E-state index in [4.69, 9.17) is 0 Å². The maximum atomic E-state index is 13.7. The smallest absolute Gasteiger partial charge is 0.305 e. The fraction of sp³-hybridized carbons (Fsp3) is 0.458. The quantitative estimate of drug-likeness (QED) is 0.618. The molecule has 2 saturated heterocycles. The van der Waals surface area contributed by atoms with Crippen LogP contribution in [0, 0.1) is 0 Å². The van der Waals surface area contributed by atoms with Crippen molar-refractivity contribution in [3.05, 3.63) is 66.0 Å². The third kappa shape index (κ3) is 4.34. The van der Waals surface area contributed by atoms with Crippen LogP contribution in [0.25, 0.3) is 0 Å². The van der Waals surface area contributed by atoms with Crippen LogP contribution in [0.2, 0.25) is 0 Å². The lowest BCUT2D eigenvalue weighted by Gasteiger charge is -2.44. The first-order valence-electron chi connectivity index (χ1n) is 10.9. The van der Waals surface area contributed by atoms with Crippen molar-refractivity contribution in [2.75, 3.05) is 25.1 Å². The molecule has 7 heteroatoms. The molecule has 1 spiro atoms. The Morgan fingerprint density at radius 3 is 2.39 bits per heavy atom. The highest BCUT2D eigenvalue weighted by Crippen LogP contribution is 2.39. The number of nitrogens with zero attached hydrogens (tertiary/aromatic N) is 4. The summed E-state index contributed by atoms with van der Waals surface area (Å²) in [6.07, 6.45) is 5.16. The summed E-state index contributed by atoms with van der Waals surface area (Å²) < 4.78 is 0. The Kier molecular flexibility index (Phi) is 6.62. The molecule has 3 heterocycles. The number of aromatic nitrogens is 1. The van der Waals surface area contributed by atoms with Crippen LogP contribution in [0.5, 0.6) is 0 Å². The van der Waals surface area contributed by atoms with Gasteiger partial charge in [0, 0.05) is 37.6 Å². The maximum absolute atomic E-state index is 13.7. The van der Waals surface area contributed by atoms with Gasteiger partial charge in [-0.15, -0.1) is 0 Å². The summed E-state index contributed by atoms with van der Waals surface area (Å²) >= 11 is 1.84. The zero-order chi connectivity index (χ0) is 21.8. The number of imide groups is 1. The largest absolute Gasteiger partial charge is 0.328 e. The third-order valence-corrected chi connectivity index (χ3v) is 7.32. The monoisotopic (exact) mass is 438 g/mol. The first-order valence-corrected chi connectivity index (χ1v) is 12.2. The van der Waals surface area contributed by atoms with Gasteiger partial charge in [-0.1, -0.05) is 36.4 Å². The van der Waals surface area contributed by atoms with Crippen LogP contribution in [0.15, 0.2) is 54.7 Å². The van der Waals surface area contributed by atoms with Crippen LogP contribution in [0.4, 0.5) is 4.79 Å². The standard InChI is InChI=1S/C24H30N4O2S/c1-19(18-31-2)26-14-11-24(12-15-26)22(29)27(17-21-10-6-7-13-25-21)23(30)28(24)16-20-8-4-3-5-9-20/h3-10,13,19H,11-12,14-18H2,1-2H3/t19-/m0/s1. The van der Waals surface area contributed by atoms with E-state index in [1.54, 1.807) is 6.20 Å². The van der Waals surface area contributed by atoms with Gasteiger partial charge in [0.15, 0.2) is 0 Å². The molecule has 6 nitrogen and oxygen atoms in total. The lowest BCUT2D eigenvalue weighted by atomic mass is 9.85. The molecule has 1 aromatic carbocycles. The van der Waals surface area contributed by atoms with Gasteiger partial charge in [0.25, 0.3) is 5.91 Å². The molecule has 2 aromatic rings. The summed E-state index contributed by atoms with van der Waals surface area (Å²) in [4.78, 5) is 37.2. The van der Waals surface area contributed by atoms with E-state index in [9.17, 15) is 9.59 Å². The van der Waals surface area contributed by atoms with Crippen molar-refractivity contribution in [3.63, 3.8) is 0 Å². The average molecular weight is 439 g/mol. The Morgan fingerprint density at radius 2 is 1.74 bits per heavy atom. The Balaban J connectivity index is 1.60. The van der Waals surface area contributed by atoms with Gasteiger partial charge >= 0.3 is 6.03 Å². The second kappa shape index (κ2) is 9.40. The molecule has 1 aromatic heterocycles. The molecule has 2 fully saturated rings. The zero-order valence-corrected chi connectivity index (χ0v) is 19.1.